The lowest BCUT2D eigenvalue weighted by atomic mass is 9.83. The lowest BCUT2D eigenvalue weighted by Gasteiger charge is -2.26. The first-order valence-corrected chi connectivity index (χ1v) is 8.10. The standard InChI is InChI=1S/C18H29NO/c1-14(2)20-18-6-4-5-17(11-18)13-19-12-16-9-7-15(3)8-10-16/h4-6,11,14-16,19H,7-10,12-13H2,1-3H3. The van der Waals surface area contributed by atoms with E-state index in [0.29, 0.717) is 0 Å². The van der Waals surface area contributed by atoms with E-state index in [1.165, 1.54) is 31.2 Å². The van der Waals surface area contributed by atoms with Crippen molar-refractivity contribution in [3.8, 4) is 5.75 Å². The minimum atomic E-state index is 0.238. The van der Waals surface area contributed by atoms with Crippen LogP contribution in [0.4, 0.5) is 0 Å². The monoisotopic (exact) mass is 275 g/mol. The summed E-state index contributed by atoms with van der Waals surface area (Å²) in [5, 5.41) is 3.61. The van der Waals surface area contributed by atoms with Crippen molar-refractivity contribution in [3.05, 3.63) is 29.8 Å². The zero-order valence-electron chi connectivity index (χ0n) is 13.2. The van der Waals surface area contributed by atoms with Crippen LogP contribution in [-0.4, -0.2) is 12.6 Å². The van der Waals surface area contributed by atoms with Gasteiger partial charge >= 0.3 is 0 Å². The molecular weight excluding hydrogens is 246 g/mol. The topological polar surface area (TPSA) is 21.3 Å². The van der Waals surface area contributed by atoms with Gasteiger partial charge in [0.1, 0.15) is 5.75 Å². The van der Waals surface area contributed by atoms with Gasteiger partial charge < -0.3 is 10.1 Å². The van der Waals surface area contributed by atoms with Crippen LogP contribution in [-0.2, 0) is 6.54 Å². The molecule has 0 aliphatic heterocycles. The molecule has 0 heterocycles. The fraction of sp³-hybridized carbons (Fsp3) is 0.667. The number of ether oxygens (including phenoxy) is 1. The van der Waals surface area contributed by atoms with Crippen LogP contribution in [0.2, 0.25) is 0 Å². The van der Waals surface area contributed by atoms with Crippen molar-refractivity contribution < 1.29 is 4.74 Å². The van der Waals surface area contributed by atoms with E-state index in [0.717, 1.165) is 30.7 Å². The third-order valence-electron chi connectivity index (χ3n) is 4.17. The summed E-state index contributed by atoms with van der Waals surface area (Å²) >= 11 is 0. The molecule has 0 saturated heterocycles. The molecule has 1 aromatic carbocycles. The molecule has 1 aromatic rings. The first-order valence-electron chi connectivity index (χ1n) is 8.10. The molecule has 0 unspecified atom stereocenters. The van der Waals surface area contributed by atoms with Gasteiger partial charge in [-0.15, -0.1) is 0 Å². The van der Waals surface area contributed by atoms with Crippen molar-refractivity contribution in [2.75, 3.05) is 6.54 Å². The van der Waals surface area contributed by atoms with Crippen LogP contribution in [0.5, 0.6) is 5.75 Å². The SMILES string of the molecule is CC1CCC(CNCc2cccc(OC(C)C)c2)CC1. The lowest BCUT2D eigenvalue weighted by Crippen LogP contribution is -2.25. The maximum absolute atomic E-state index is 5.74. The summed E-state index contributed by atoms with van der Waals surface area (Å²) in [5.41, 5.74) is 1.31. The lowest BCUT2D eigenvalue weighted by molar-refractivity contribution is 0.242. The van der Waals surface area contributed by atoms with Crippen LogP contribution >= 0.6 is 0 Å². The van der Waals surface area contributed by atoms with Gasteiger partial charge in [0, 0.05) is 6.54 Å². The number of hydrogen-bond acceptors (Lipinski definition) is 2. The highest BCUT2D eigenvalue weighted by Crippen LogP contribution is 2.27. The van der Waals surface area contributed by atoms with Gasteiger partial charge in [-0.1, -0.05) is 31.9 Å². The Morgan fingerprint density at radius 3 is 2.65 bits per heavy atom. The zero-order chi connectivity index (χ0) is 14.4. The fourth-order valence-electron chi connectivity index (χ4n) is 2.95. The second-order valence-electron chi connectivity index (χ2n) is 6.57. The molecule has 1 saturated carbocycles. The first-order chi connectivity index (χ1) is 9.63. The molecule has 112 valence electrons. The van der Waals surface area contributed by atoms with Crippen molar-refractivity contribution in [2.45, 2.75) is 59.1 Å². The van der Waals surface area contributed by atoms with Gasteiger partial charge in [0.15, 0.2) is 0 Å². The molecule has 2 nitrogen and oxygen atoms in total. The highest BCUT2D eigenvalue weighted by atomic mass is 16.5. The average Bonchev–Trinajstić information content (AvgIpc) is 2.41. The van der Waals surface area contributed by atoms with Gasteiger partial charge in [-0.3, -0.25) is 0 Å². The second kappa shape index (κ2) is 7.68. The summed E-state index contributed by atoms with van der Waals surface area (Å²) in [7, 11) is 0. The minimum Gasteiger partial charge on any atom is -0.491 e. The van der Waals surface area contributed by atoms with E-state index in [9.17, 15) is 0 Å². The Morgan fingerprint density at radius 1 is 1.20 bits per heavy atom. The summed E-state index contributed by atoms with van der Waals surface area (Å²) in [5.74, 6) is 2.79. The average molecular weight is 275 g/mol. The van der Waals surface area contributed by atoms with Gasteiger partial charge in [0.05, 0.1) is 6.10 Å². The Hall–Kier alpha value is -1.02. The second-order valence-corrected chi connectivity index (χ2v) is 6.57. The van der Waals surface area contributed by atoms with E-state index in [1.54, 1.807) is 0 Å². The van der Waals surface area contributed by atoms with Gasteiger partial charge in [-0.25, -0.2) is 0 Å². The third kappa shape index (κ3) is 5.16. The molecule has 1 aliphatic rings. The van der Waals surface area contributed by atoms with E-state index < -0.39 is 0 Å². The van der Waals surface area contributed by atoms with Crippen molar-refractivity contribution in [1.82, 2.24) is 5.32 Å². The molecule has 0 bridgehead atoms. The van der Waals surface area contributed by atoms with Gasteiger partial charge in [-0.2, -0.15) is 0 Å². The number of nitrogens with one attached hydrogen (secondary N) is 1. The van der Waals surface area contributed by atoms with Crippen LogP contribution in [0, 0.1) is 11.8 Å². The summed E-state index contributed by atoms with van der Waals surface area (Å²) in [6, 6.07) is 8.43. The van der Waals surface area contributed by atoms with E-state index in [-0.39, 0.29) is 6.10 Å². The van der Waals surface area contributed by atoms with Gasteiger partial charge in [0.2, 0.25) is 0 Å². The maximum atomic E-state index is 5.74. The molecule has 0 aromatic heterocycles. The third-order valence-corrected chi connectivity index (χ3v) is 4.17. The van der Waals surface area contributed by atoms with Crippen LogP contribution in [0.3, 0.4) is 0 Å². The van der Waals surface area contributed by atoms with Crippen molar-refractivity contribution >= 4 is 0 Å². The number of hydrogen-bond donors (Lipinski definition) is 1. The van der Waals surface area contributed by atoms with Crippen LogP contribution in [0.25, 0.3) is 0 Å². The summed E-state index contributed by atoms with van der Waals surface area (Å²) in [6.07, 6.45) is 5.84. The number of benzene rings is 1. The summed E-state index contributed by atoms with van der Waals surface area (Å²) in [6.45, 7) is 8.61. The zero-order valence-corrected chi connectivity index (χ0v) is 13.2. The van der Waals surface area contributed by atoms with Crippen LogP contribution in [0.1, 0.15) is 52.0 Å². The Morgan fingerprint density at radius 2 is 1.95 bits per heavy atom. The molecule has 0 radical (unpaired) electrons. The van der Waals surface area contributed by atoms with Crippen molar-refractivity contribution in [3.63, 3.8) is 0 Å². The molecule has 0 amide bonds. The normalized spacial score (nSPS) is 23.0. The van der Waals surface area contributed by atoms with Crippen LogP contribution < -0.4 is 10.1 Å². The van der Waals surface area contributed by atoms with E-state index in [4.69, 9.17) is 4.74 Å². The summed E-state index contributed by atoms with van der Waals surface area (Å²) < 4.78 is 5.74. The predicted molar refractivity (Wildman–Crippen MR) is 85.0 cm³/mol. The molecule has 20 heavy (non-hydrogen) atoms. The van der Waals surface area contributed by atoms with Crippen molar-refractivity contribution in [1.29, 1.82) is 0 Å². The molecule has 1 N–H and O–H groups in total. The van der Waals surface area contributed by atoms with Gasteiger partial charge in [0.25, 0.3) is 0 Å². The quantitative estimate of drug-likeness (QED) is 0.831. The van der Waals surface area contributed by atoms with E-state index in [2.05, 4.69) is 44.3 Å². The van der Waals surface area contributed by atoms with Crippen molar-refractivity contribution in [2.24, 2.45) is 11.8 Å². The molecule has 1 fully saturated rings. The fourth-order valence-corrected chi connectivity index (χ4v) is 2.95. The van der Waals surface area contributed by atoms with E-state index >= 15 is 0 Å². The van der Waals surface area contributed by atoms with Gasteiger partial charge in [-0.05, 0) is 62.8 Å². The molecule has 2 heteroatoms. The maximum Gasteiger partial charge on any atom is 0.120 e. The highest BCUT2D eigenvalue weighted by Gasteiger charge is 2.17. The summed E-state index contributed by atoms with van der Waals surface area (Å²) in [4.78, 5) is 0. The smallest absolute Gasteiger partial charge is 0.120 e. The van der Waals surface area contributed by atoms with E-state index in [1.807, 2.05) is 6.07 Å². The minimum absolute atomic E-state index is 0.238. The highest BCUT2D eigenvalue weighted by molar-refractivity contribution is 5.28. The largest absolute Gasteiger partial charge is 0.491 e. The number of rotatable bonds is 6. The Kier molecular flexibility index (Phi) is 5.90. The molecule has 1 aliphatic carbocycles. The molecular formula is C18H29NO. The Bertz CT molecular complexity index is 394. The predicted octanol–water partition coefficient (Wildman–Crippen LogP) is 4.39. The Balaban J connectivity index is 1.73. The Labute approximate surface area is 123 Å². The molecule has 2 rings (SSSR count). The molecule has 0 atom stereocenters. The van der Waals surface area contributed by atoms with Crippen LogP contribution in [0.15, 0.2) is 24.3 Å². The first kappa shape index (κ1) is 15.4. The molecule has 0 spiro atoms.